The first-order valence-corrected chi connectivity index (χ1v) is 7.89. The van der Waals surface area contributed by atoms with Crippen LogP contribution in [-0.2, 0) is 4.79 Å². The number of carbonyl (C=O) groups is 1. The Hall–Kier alpha value is -2.73. The van der Waals surface area contributed by atoms with E-state index in [9.17, 15) is 4.79 Å². The molecule has 1 aliphatic rings. The molecule has 0 saturated heterocycles. The van der Waals surface area contributed by atoms with Gasteiger partial charge in [-0.3, -0.25) is 4.79 Å². The normalized spacial score (nSPS) is 13.4. The standard InChI is InChI=1S/C18H20N2O4/c1-20(9-10-22-15-5-3-2-4-6-15)12-18(21)19-14-7-8-16-17(11-14)24-13-23-16/h2-8,11H,9-10,12-13H2,1H3,(H,19,21)/p+1. The number of hydrogen-bond donors (Lipinski definition) is 2. The van der Waals surface area contributed by atoms with E-state index in [0.29, 0.717) is 30.3 Å². The van der Waals surface area contributed by atoms with Gasteiger partial charge in [-0.1, -0.05) is 18.2 Å². The molecule has 0 aromatic heterocycles. The van der Waals surface area contributed by atoms with E-state index in [1.807, 2.05) is 37.4 Å². The summed E-state index contributed by atoms with van der Waals surface area (Å²) in [6.45, 7) is 1.89. The predicted molar refractivity (Wildman–Crippen MR) is 89.8 cm³/mol. The maximum absolute atomic E-state index is 12.1. The average Bonchev–Trinajstić information content (AvgIpc) is 3.03. The summed E-state index contributed by atoms with van der Waals surface area (Å²) in [7, 11) is 1.97. The van der Waals surface area contributed by atoms with E-state index >= 15 is 0 Å². The van der Waals surface area contributed by atoms with E-state index in [4.69, 9.17) is 14.2 Å². The van der Waals surface area contributed by atoms with Crippen molar-refractivity contribution in [2.24, 2.45) is 0 Å². The quantitative estimate of drug-likeness (QED) is 0.794. The van der Waals surface area contributed by atoms with Crippen molar-refractivity contribution in [3.63, 3.8) is 0 Å². The second kappa shape index (κ2) is 7.70. The highest BCUT2D eigenvalue weighted by molar-refractivity contribution is 5.91. The van der Waals surface area contributed by atoms with Crippen LogP contribution in [0.25, 0.3) is 0 Å². The zero-order valence-electron chi connectivity index (χ0n) is 13.6. The molecule has 126 valence electrons. The van der Waals surface area contributed by atoms with Crippen molar-refractivity contribution in [2.45, 2.75) is 0 Å². The van der Waals surface area contributed by atoms with Gasteiger partial charge in [0.2, 0.25) is 6.79 Å². The van der Waals surface area contributed by atoms with Gasteiger partial charge >= 0.3 is 0 Å². The zero-order valence-corrected chi connectivity index (χ0v) is 13.6. The SMILES string of the molecule is C[NH+](CCOc1ccccc1)CC(=O)Nc1ccc2c(c1)OCO2. The molecule has 2 aromatic rings. The Kier molecular flexibility index (Phi) is 5.18. The van der Waals surface area contributed by atoms with Crippen LogP contribution in [0.3, 0.4) is 0 Å². The van der Waals surface area contributed by atoms with Crippen molar-refractivity contribution in [1.29, 1.82) is 0 Å². The number of rotatable bonds is 7. The van der Waals surface area contributed by atoms with Crippen LogP contribution in [0.2, 0.25) is 0 Å². The van der Waals surface area contributed by atoms with Crippen LogP contribution in [0.15, 0.2) is 48.5 Å². The summed E-state index contributed by atoms with van der Waals surface area (Å²) >= 11 is 0. The fourth-order valence-corrected chi connectivity index (χ4v) is 2.40. The van der Waals surface area contributed by atoms with Crippen LogP contribution in [0.4, 0.5) is 5.69 Å². The first-order valence-electron chi connectivity index (χ1n) is 7.89. The molecular formula is C18H21N2O4+. The molecule has 0 radical (unpaired) electrons. The molecule has 1 heterocycles. The molecule has 0 spiro atoms. The summed E-state index contributed by atoms with van der Waals surface area (Å²) < 4.78 is 16.2. The van der Waals surface area contributed by atoms with Crippen molar-refractivity contribution >= 4 is 11.6 Å². The third kappa shape index (κ3) is 4.39. The first-order chi connectivity index (χ1) is 11.7. The van der Waals surface area contributed by atoms with Crippen molar-refractivity contribution in [1.82, 2.24) is 0 Å². The number of fused-ring (bicyclic) bond motifs is 1. The van der Waals surface area contributed by atoms with E-state index < -0.39 is 0 Å². The molecular weight excluding hydrogens is 308 g/mol. The molecule has 1 aliphatic heterocycles. The molecule has 1 unspecified atom stereocenters. The van der Waals surface area contributed by atoms with Crippen LogP contribution in [0, 0.1) is 0 Å². The molecule has 3 rings (SSSR count). The Morgan fingerprint density at radius 3 is 2.79 bits per heavy atom. The minimum atomic E-state index is -0.0499. The van der Waals surface area contributed by atoms with Crippen molar-refractivity contribution < 1.29 is 23.9 Å². The fourth-order valence-electron chi connectivity index (χ4n) is 2.40. The number of ether oxygens (including phenoxy) is 3. The minimum absolute atomic E-state index is 0.0499. The number of para-hydroxylation sites is 1. The highest BCUT2D eigenvalue weighted by Gasteiger charge is 2.15. The van der Waals surface area contributed by atoms with E-state index in [1.54, 1.807) is 18.2 Å². The summed E-state index contributed by atoms with van der Waals surface area (Å²) in [5.41, 5.74) is 0.706. The highest BCUT2D eigenvalue weighted by atomic mass is 16.7. The van der Waals surface area contributed by atoms with Gasteiger partial charge in [-0.15, -0.1) is 0 Å². The molecule has 1 atom stereocenters. The lowest BCUT2D eigenvalue weighted by atomic mass is 10.2. The lowest BCUT2D eigenvalue weighted by Crippen LogP contribution is -3.10. The fraction of sp³-hybridized carbons (Fsp3) is 0.278. The summed E-state index contributed by atoms with van der Waals surface area (Å²) in [4.78, 5) is 13.2. The average molecular weight is 329 g/mol. The Labute approximate surface area is 140 Å². The van der Waals surface area contributed by atoms with Gasteiger partial charge < -0.3 is 24.4 Å². The largest absolute Gasteiger partial charge is 0.488 e. The molecule has 2 N–H and O–H groups in total. The van der Waals surface area contributed by atoms with Crippen molar-refractivity contribution in [2.75, 3.05) is 38.9 Å². The molecule has 2 aromatic carbocycles. The number of benzene rings is 2. The third-order valence-corrected chi connectivity index (χ3v) is 3.66. The van der Waals surface area contributed by atoms with Crippen LogP contribution < -0.4 is 24.4 Å². The van der Waals surface area contributed by atoms with Gasteiger partial charge in [-0.25, -0.2) is 0 Å². The van der Waals surface area contributed by atoms with Gasteiger partial charge in [0.25, 0.3) is 5.91 Å². The van der Waals surface area contributed by atoms with Crippen molar-refractivity contribution in [3.8, 4) is 17.2 Å². The van der Waals surface area contributed by atoms with Gasteiger partial charge in [0.05, 0.1) is 7.05 Å². The number of amides is 1. The van der Waals surface area contributed by atoms with E-state index in [-0.39, 0.29) is 12.7 Å². The number of likely N-dealkylation sites (N-methyl/N-ethyl adjacent to an activating group) is 1. The molecule has 6 heteroatoms. The highest BCUT2D eigenvalue weighted by Crippen LogP contribution is 2.34. The maximum Gasteiger partial charge on any atom is 0.279 e. The Bertz CT molecular complexity index is 691. The molecule has 6 nitrogen and oxygen atoms in total. The van der Waals surface area contributed by atoms with Crippen LogP contribution >= 0.6 is 0 Å². The summed E-state index contributed by atoms with van der Waals surface area (Å²) in [5, 5.41) is 2.87. The Balaban J connectivity index is 1.41. The van der Waals surface area contributed by atoms with Crippen LogP contribution in [-0.4, -0.2) is 39.4 Å². The molecule has 24 heavy (non-hydrogen) atoms. The van der Waals surface area contributed by atoms with Gasteiger partial charge in [0, 0.05) is 11.8 Å². The molecule has 0 saturated carbocycles. The smallest absolute Gasteiger partial charge is 0.279 e. The predicted octanol–water partition coefficient (Wildman–Crippen LogP) is 0.948. The topological polar surface area (TPSA) is 61.2 Å². The zero-order chi connectivity index (χ0) is 16.8. The number of nitrogens with one attached hydrogen (secondary N) is 2. The van der Waals surface area contributed by atoms with Gasteiger partial charge in [-0.05, 0) is 24.3 Å². The van der Waals surface area contributed by atoms with Crippen LogP contribution in [0.1, 0.15) is 0 Å². The second-order valence-electron chi connectivity index (χ2n) is 5.66. The van der Waals surface area contributed by atoms with Gasteiger partial charge in [0.1, 0.15) is 18.9 Å². The van der Waals surface area contributed by atoms with E-state index in [2.05, 4.69) is 5.32 Å². The maximum atomic E-state index is 12.1. The number of quaternary nitrogens is 1. The molecule has 1 amide bonds. The monoisotopic (exact) mass is 329 g/mol. The molecule has 0 aliphatic carbocycles. The van der Waals surface area contributed by atoms with Gasteiger partial charge in [-0.2, -0.15) is 0 Å². The lowest BCUT2D eigenvalue weighted by molar-refractivity contribution is -0.871. The lowest BCUT2D eigenvalue weighted by Gasteiger charge is -2.14. The Morgan fingerprint density at radius 1 is 1.17 bits per heavy atom. The summed E-state index contributed by atoms with van der Waals surface area (Å²) in [6.07, 6.45) is 0. The first kappa shape index (κ1) is 16.1. The number of hydrogen-bond acceptors (Lipinski definition) is 4. The Morgan fingerprint density at radius 2 is 1.96 bits per heavy atom. The minimum Gasteiger partial charge on any atom is -0.488 e. The van der Waals surface area contributed by atoms with Crippen molar-refractivity contribution in [3.05, 3.63) is 48.5 Å². The second-order valence-corrected chi connectivity index (χ2v) is 5.66. The number of anilines is 1. The van der Waals surface area contributed by atoms with E-state index in [0.717, 1.165) is 17.2 Å². The number of carbonyl (C=O) groups excluding carboxylic acids is 1. The van der Waals surface area contributed by atoms with Gasteiger partial charge in [0.15, 0.2) is 18.0 Å². The summed E-state index contributed by atoms with van der Waals surface area (Å²) in [5.74, 6) is 2.15. The summed E-state index contributed by atoms with van der Waals surface area (Å²) in [6, 6.07) is 15.0. The molecule has 0 bridgehead atoms. The van der Waals surface area contributed by atoms with Crippen LogP contribution in [0.5, 0.6) is 17.2 Å². The third-order valence-electron chi connectivity index (χ3n) is 3.66. The van der Waals surface area contributed by atoms with E-state index in [1.165, 1.54) is 0 Å². The molecule has 0 fully saturated rings.